The molecular formula is C15H21N5O. The Morgan fingerprint density at radius 1 is 1.38 bits per heavy atom. The van der Waals surface area contributed by atoms with Gasteiger partial charge in [0.1, 0.15) is 5.75 Å². The molecule has 2 atom stereocenters. The number of nitrogen functional groups attached to an aromatic ring is 1. The molecule has 0 radical (unpaired) electrons. The molecule has 1 fully saturated rings. The lowest BCUT2D eigenvalue weighted by molar-refractivity contribution is 0.345. The molecule has 0 saturated heterocycles. The molecule has 2 unspecified atom stereocenters. The molecule has 6 heteroatoms. The molecule has 1 saturated carbocycles. The van der Waals surface area contributed by atoms with Crippen LogP contribution < -0.4 is 10.5 Å². The minimum absolute atomic E-state index is 0.645. The molecule has 0 bridgehead atoms. The van der Waals surface area contributed by atoms with E-state index in [1.165, 1.54) is 19.3 Å². The molecule has 1 aromatic carbocycles. The zero-order valence-electron chi connectivity index (χ0n) is 12.5. The van der Waals surface area contributed by atoms with Gasteiger partial charge in [-0.3, -0.25) is 0 Å². The first kappa shape index (κ1) is 13.9. The summed E-state index contributed by atoms with van der Waals surface area (Å²) in [5.74, 6) is 2.82. The molecule has 0 amide bonds. The zero-order chi connectivity index (χ0) is 14.8. The number of nitrogens with zero attached hydrogens (tertiary/aromatic N) is 4. The maximum absolute atomic E-state index is 5.81. The van der Waals surface area contributed by atoms with Crippen molar-refractivity contribution in [1.82, 2.24) is 20.2 Å². The lowest BCUT2D eigenvalue weighted by atomic mass is 9.98. The largest absolute Gasteiger partial charge is 0.496 e. The van der Waals surface area contributed by atoms with E-state index < -0.39 is 0 Å². The third-order valence-corrected chi connectivity index (χ3v) is 4.44. The van der Waals surface area contributed by atoms with Crippen molar-refractivity contribution in [1.29, 1.82) is 0 Å². The van der Waals surface area contributed by atoms with Crippen molar-refractivity contribution in [2.75, 3.05) is 12.8 Å². The van der Waals surface area contributed by atoms with Gasteiger partial charge in [-0.2, -0.15) is 0 Å². The Bertz CT molecular complexity index is 624. The van der Waals surface area contributed by atoms with Crippen LogP contribution in [-0.4, -0.2) is 27.3 Å². The average molecular weight is 287 g/mol. The number of benzene rings is 1. The van der Waals surface area contributed by atoms with Gasteiger partial charge in [0.05, 0.1) is 12.7 Å². The van der Waals surface area contributed by atoms with Crippen LogP contribution in [0.2, 0.25) is 0 Å². The Morgan fingerprint density at radius 3 is 2.95 bits per heavy atom. The fraction of sp³-hybridized carbons (Fsp3) is 0.533. The SMILES string of the molecule is COc1cc(N)ccc1-c1nnnn1CC1CCCC1C. The van der Waals surface area contributed by atoms with Crippen LogP contribution in [0.3, 0.4) is 0 Å². The van der Waals surface area contributed by atoms with Crippen LogP contribution in [0.5, 0.6) is 5.75 Å². The summed E-state index contributed by atoms with van der Waals surface area (Å²) < 4.78 is 7.30. The number of anilines is 1. The summed E-state index contributed by atoms with van der Waals surface area (Å²) >= 11 is 0. The first-order chi connectivity index (χ1) is 10.2. The lowest BCUT2D eigenvalue weighted by Gasteiger charge is -2.16. The van der Waals surface area contributed by atoms with Gasteiger partial charge in [-0.25, -0.2) is 4.68 Å². The van der Waals surface area contributed by atoms with Crippen LogP contribution in [0.25, 0.3) is 11.4 Å². The van der Waals surface area contributed by atoms with Crippen molar-refractivity contribution in [2.45, 2.75) is 32.7 Å². The molecule has 2 aromatic rings. The maximum Gasteiger partial charge on any atom is 0.185 e. The first-order valence-electron chi connectivity index (χ1n) is 7.39. The van der Waals surface area contributed by atoms with E-state index in [9.17, 15) is 0 Å². The number of nitrogens with two attached hydrogens (primary N) is 1. The molecular weight excluding hydrogens is 266 g/mol. The highest BCUT2D eigenvalue weighted by Gasteiger charge is 2.25. The van der Waals surface area contributed by atoms with E-state index in [4.69, 9.17) is 10.5 Å². The van der Waals surface area contributed by atoms with Crippen molar-refractivity contribution >= 4 is 5.69 Å². The normalized spacial score (nSPS) is 21.6. The number of aromatic nitrogens is 4. The summed E-state index contributed by atoms with van der Waals surface area (Å²) in [5, 5.41) is 12.2. The predicted molar refractivity (Wildman–Crippen MR) is 80.7 cm³/mol. The van der Waals surface area contributed by atoms with Gasteiger partial charge in [-0.15, -0.1) is 5.10 Å². The number of rotatable bonds is 4. The summed E-state index contributed by atoms with van der Waals surface area (Å²) in [6, 6.07) is 5.55. The Labute approximate surface area is 124 Å². The second-order valence-electron chi connectivity index (χ2n) is 5.81. The van der Waals surface area contributed by atoms with E-state index in [0.29, 0.717) is 17.4 Å². The summed E-state index contributed by atoms with van der Waals surface area (Å²) in [7, 11) is 1.63. The topological polar surface area (TPSA) is 78.8 Å². The molecule has 112 valence electrons. The van der Waals surface area contributed by atoms with Crippen LogP contribution in [0.4, 0.5) is 5.69 Å². The average Bonchev–Trinajstić information content (AvgIpc) is 3.09. The summed E-state index contributed by atoms with van der Waals surface area (Å²) in [6.07, 6.45) is 3.85. The Morgan fingerprint density at radius 2 is 2.24 bits per heavy atom. The van der Waals surface area contributed by atoms with Gasteiger partial charge in [0, 0.05) is 18.3 Å². The number of ether oxygens (including phenoxy) is 1. The molecule has 1 aromatic heterocycles. The minimum atomic E-state index is 0.645. The highest BCUT2D eigenvalue weighted by atomic mass is 16.5. The molecule has 2 N–H and O–H groups in total. The second kappa shape index (κ2) is 5.71. The Balaban J connectivity index is 1.92. The van der Waals surface area contributed by atoms with Crippen molar-refractivity contribution < 1.29 is 4.74 Å². The van der Waals surface area contributed by atoms with E-state index in [-0.39, 0.29) is 0 Å². The summed E-state index contributed by atoms with van der Waals surface area (Å²) in [5.41, 5.74) is 7.35. The van der Waals surface area contributed by atoms with E-state index in [1.54, 1.807) is 13.2 Å². The highest BCUT2D eigenvalue weighted by molar-refractivity contribution is 5.67. The quantitative estimate of drug-likeness (QED) is 0.873. The van der Waals surface area contributed by atoms with Gasteiger partial charge in [0.15, 0.2) is 5.82 Å². The summed E-state index contributed by atoms with van der Waals surface area (Å²) in [4.78, 5) is 0. The zero-order valence-corrected chi connectivity index (χ0v) is 12.5. The van der Waals surface area contributed by atoms with E-state index in [0.717, 1.165) is 23.9 Å². The maximum atomic E-state index is 5.81. The van der Waals surface area contributed by atoms with Crippen LogP contribution in [0.15, 0.2) is 18.2 Å². The smallest absolute Gasteiger partial charge is 0.185 e. The molecule has 3 rings (SSSR count). The molecule has 0 aliphatic heterocycles. The van der Waals surface area contributed by atoms with E-state index in [1.807, 2.05) is 16.8 Å². The van der Waals surface area contributed by atoms with Crippen molar-refractivity contribution in [2.24, 2.45) is 11.8 Å². The van der Waals surface area contributed by atoms with Crippen molar-refractivity contribution in [3.05, 3.63) is 18.2 Å². The standard InChI is InChI=1S/C15H21N5O/c1-10-4-3-5-11(10)9-20-15(17-18-19-20)13-7-6-12(16)8-14(13)21-2/h6-8,10-11H,3-5,9,16H2,1-2H3. The van der Waals surface area contributed by atoms with E-state index in [2.05, 4.69) is 22.4 Å². The van der Waals surface area contributed by atoms with Gasteiger partial charge >= 0.3 is 0 Å². The second-order valence-corrected chi connectivity index (χ2v) is 5.81. The number of methoxy groups -OCH3 is 1. The first-order valence-corrected chi connectivity index (χ1v) is 7.39. The number of hydrogen-bond donors (Lipinski definition) is 1. The third-order valence-electron chi connectivity index (χ3n) is 4.44. The van der Waals surface area contributed by atoms with Gasteiger partial charge in [0.2, 0.25) is 0 Å². The number of hydrogen-bond acceptors (Lipinski definition) is 5. The van der Waals surface area contributed by atoms with Gasteiger partial charge in [-0.1, -0.05) is 19.8 Å². The van der Waals surface area contributed by atoms with Crippen molar-refractivity contribution in [3.63, 3.8) is 0 Å². The molecule has 1 heterocycles. The van der Waals surface area contributed by atoms with Gasteiger partial charge < -0.3 is 10.5 Å². The molecule has 6 nitrogen and oxygen atoms in total. The molecule has 21 heavy (non-hydrogen) atoms. The van der Waals surface area contributed by atoms with Gasteiger partial charge in [-0.05, 0) is 40.8 Å². The van der Waals surface area contributed by atoms with Crippen LogP contribution in [0, 0.1) is 11.8 Å². The molecule has 1 aliphatic carbocycles. The van der Waals surface area contributed by atoms with Crippen LogP contribution >= 0.6 is 0 Å². The Hall–Kier alpha value is -2.11. The monoisotopic (exact) mass is 287 g/mol. The van der Waals surface area contributed by atoms with Crippen LogP contribution in [0.1, 0.15) is 26.2 Å². The fourth-order valence-electron chi connectivity index (χ4n) is 3.13. The molecule has 1 aliphatic rings. The summed E-state index contributed by atoms with van der Waals surface area (Å²) in [6.45, 7) is 3.17. The predicted octanol–water partition coefficient (Wildman–Crippen LogP) is 2.37. The molecule has 0 spiro atoms. The van der Waals surface area contributed by atoms with Crippen molar-refractivity contribution in [3.8, 4) is 17.1 Å². The third kappa shape index (κ3) is 2.70. The minimum Gasteiger partial charge on any atom is -0.496 e. The fourth-order valence-corrected chi connectivity index (χ4v) is 3.13. The van der Waals surface area contributed by atoms with Gasteiger partial charge in [0.25, 0.3) is 0 Å². The van der Waals surface area contributed by atoms with E-state index >= 15 is 0 Å². The Kier molecular flexibility index (Phi) is 3.77. The number of tetrazole rings is 1. The highest BCUT2D eigenvalue weighted by Crippen LogP contribution is 2.34. The van der Waals surface area contributed by atoms with Crippen LogP contribution in [-0.2, 0) is 6.54 Å². The lowest BCUT2D eigenvalue weighted by Crippen LogP contribution is -2.15.